The third-order valence-electron chi connectivity index (χ3n) is 3.26. The molecule has 19 heavy (non-hydrogen) atoms. The number of nitrogens with zero attached hydrogens (tertiary/aromatic N) is 1. The first-order valence-corrected chi connectivity index (χ1v) is 7.00. The second kappa shape index (κ2) is 7.27. The zero-order valence-corrected chi connectivity index (χ0v) is 11.9. The average molecular weight is 275 g/mol. The molecule has 2 aromatic rings. The molecule has 1 heterocycles. The molecule has 0 fully saturated rings. The van der Waals surface area contributed by atoms with E-state index in [-0.39, 0.29) is 0 Å². The maximum Gasteiger partial charge on any atom is 0.0589 e. The van der Waals surface area contributed by atoms with E-state index in [2.05, 4.69) is 40.6 Å². The monoisotopic (exact) mass is 274 g/mol. The van der Waals surface area contributed by atoms with Gasteiger partial charge in [0, 0.05) is 12.2 Å². The van der Waals surface area contributed by atoms with Crippen molar-refractivity contribution < 1.29 is 0 Å². The minimum Gasteiger partial charge on any atom is -0.312 e. The molecule has 0 aliphatic carbocycles. The molecule has 1 unspecified atom stereocenters. The van der Waals surface area contributed by atoms with Crippen LogP contribution in [0.3, 0.4) is 0 Å². The molecule has 1 atom stereocenters. The quantitative estimate of drug-likeness (QED) is 0.861. The molecule has 1 aromatic heterocycles. The standard InChI is InChI=1S/C16H19ClN2/c1-18-15(16-11-10-14(17)12-19-16)9-5-8-13-6-3-2-4-7-13/h2-4,6-7,10-12,15,18H,5,8-9H2,1H3. The van der Waals surface area contributed by atoms with Gasteiger partial charge in [-0.05, 0) is 44.0 Å². The fraction of sp³-hybridized carbons (Fsp3) is 0.312. The van der Waals surface area contributed by atoms with E-state index in [1.165, 1.54) is 5.56 Å². The fourth-order valence-corrected chi connectivity index (χ4v) is 2.30. The first-order valence-electron chi connectivity index (χ1n) is 6.62. The van der Waals surface area contributed by atoms with Crippen molar-refractivity contribution in [1.29, 1.82) is 0 Å². The van der Waals surface area contributed by atoms with E-state index in [1.807, 2.05) is 19.2 Å². The highest BCUT2D eigenvalue weighted by atomic mass is 35.5. The molecule has 1 aromatic carbocycles. The van der Waals surface area contributed by atoms with E-state index in [0.29, 0.717) is 11.1 Å². The van der Waals surface area contributed by atoms with Crippen LogP contribution in [0.4, 0.5) is 0 Å². The largest absolute Gasteiger partial charge is 0.312 e. The number of hydrogen-bond acceptors (Lipinski definition) is 2. The Bertz CT molecular complexity index is 482. The van der Waals surface area contributed by atoms with Crippen molar-refractivity contribution in [2.24, 2.45) is 0 Å². The SMILES string of the molecule is CNC(CCCc1ccccc1)c1ccc(Cl)cn1. The summed E-state index contributed by atoms with van der Waals surface area (Å²) in [6, 6.07) is 14.8. The van der Waals surface area contributed by atoms with Crippen LogP contribution < -0.4 is 5.32 Å². The summed E-state index contributed by atoms with van der Waals surface area (Å²) in [6.07, 6.45) is 5.02. The van der Waals surface area contributed by atoms with Gasteiger partial charge in [-0.15, -0.1) is 0 Å². The van der Waals surface area contributed by atoms with Gasteiger partial charge in [0.05, 0.1) is 10.7 Å². The molecule has 0 bridgehead atoms. The van der Waals surface area contributed by atoms with Crippen molar-refractivity contribution in [2.45, 2.75) is 25.3 Å². The van der Waals surface area contributed by atoms with Gasteiger partial charge in [0.1, 0.15) is 0 Å². The predicted octanol–water partition coefficient (Wildman–Crippen LogP) is 4.02. The third-order valence-corrected chi connectivity index (χ3v) is 3.48. The van der Waals surface area contributed by atoms with Crippen LogP contribution in [-0.4, -0.2) is 12.0 Å². The van der Waals surface area contributed by atoms with Crippen molar-refractivity contribution in [2.75, 3.05) is 7.05 Å². The smallest absolute Gasteiger partial charge is 0.0589 e. The Morgan fingerprint density at radius 1 is 1.16 bits per heavy atom. The number of hydrogen-bond donors (Lipinski definition) is 1. The van der Waals surface area contributed by atoms with Crippen LogP contribution in [0.1, 0.15) is 30.1 Å². The van der Waals surface area contributed by atoms with Gasteiger partial charge in [0.15, 0.2) is 0 Å². The Hall–Kier alpha value is -1.38. The van der Waals surface area contributed by atoms with E-state index in [1.54, 1.807) is 6.20 Å². The summed E-state index contributed by atoms with van der Waals surface area (Å²) in [4.78, 5) is 4.38. The lowest BCUT2D eigenvalue weighted by molar-refractivity contribution is 0.515. The number of rotatable bonds is 6. The first kappa shape index (κ1) is 14.0. The predicted molar refractivity (Wildman–Crippen MR) is 80.4 cm³/mol. The topological polar surface area (TPSA) is 24.9 Å². The number of halogens is 1. The van der Waals surface area contributed by atoms with Gasteiger partial charge in [0.2, 0.25) is 0 Å². The van der Waals surface area contributed by atoms with Gasteiger partial charge >= 0.3 is 0 Å². The lowest BCUT2D eigenvalue weighted by atomic mass is 10.0. The lowest BCUT2D eigenvalue weighted by Crippen LogP contribution is -2.17. The van der Waals surface area contributed by atoms with E-state index < -0.39 is 0 Å². The van der Waals surface area contributed by atoms with E-state index in [0.717, 1.165) is 25.0 Å². The van der Waals surface area contributed by atoms with Gasteiger partial charge in [0.25, 0.3) is 0 Å². The molecular formula is C16H19ClN2. The van der Waals surface area contributed by atoms with Gasteiger partial charge in [-0.2, -0.15) is 0 Å². The second-order valence-corrected chi connectivity index (χ2v) is 5.06. The van der Waals surface area contributed by atoms with Crippen LogP contribution >= 0.6 is 11.6 Å². The number of aryl methyl sites for hydroxylation is 1. The van der Waals surface area contributed by atoms with Gasteiger partial charge in [-0.1, -0.05) is 41.9 Å². The highest BCUT2D eigenvalue weighted by Crippen LogP contribution is 2.19. The zero-order valence-electron chi connectivity index (χ0n) is 11.1. The molecule has 0 spiro atoms. The van der Waals surface area contributed by atoms with Crippen LogP contribution in [0.25, 0.3) is 0 Å². The van der Waals surface area contributed by atoms with Crippen LogP contribution in [0.2, 0.25) is 5.02 Å². The lowest BCUT2D eigenvalue weighted by Gasteiger charge is -2.15. The minimum atomic E-state index is 0.293. The molecule has 0 saturated carbocycles. The molecule has 1 N–H and O–H groups in total. The Labute approximate surface area is 119 Å². The van der Waals surface area contributed by atoms with Gasteiger partial charge in [-0.3, -0.25) is 4.98 Å². The van der Waals surface area contributed by atoms with Crippen molar-refractivity contribution in [3.63, 3.8) is 0 Å². The van der Waals surface area contributed by atoms with Crippen LogP contribution in [-0.2, 0) is 6.42 Å². The average Bonchev–Trinajstić information content (AvgIpc) is 2.46. The van der Waals surface area contributed by atoms with E-state index >= 15 is 0 Å². The van der Waals surface area contributed by atoms with Crippen LogP contribution in [0, 0.1) is 0 Å². The van der Waals surface area contributed by atoms with Crippen molar-refractivity contribution in [3.05, 3.63) is 64.9 Å². The van der Waals surface area contributed by atoms with Crippen LogP contribution in [0.15, 0.2) is 48.7 Å². The Kier molecular flexibility index (Phi) is 5.37. The molecule has 3 heteroatoms. The number of nitrogens with one attached hydrogen (secondary N) is 1. The molecule has 0 aliphatic rings. The number of benzene rings is 1. The second-order valence-electron chi connectivity index (χ2n) is 4.62. The molecule has 2 rings (SSSR count). The van der Waals surface area contributed by atoms with Gasteiger partial charge < -0.3 is 5.32 Å². The van der Waals surface area contributed by atoms with Gasteiger partial charge in [-0.25, -0.2) is 0 Å². The summed E-state index contributed by atoms with van der Waals surface area (Å²) < 4.78 is 0. The Balaban J connectivity index is 1.87. The molecule has 0 aliphatic heterocycles. The summed E-state index contributed by atoms with van der Waals surface area (Å²) in [6.45, 7) is 0. The highest BCUT2D eigenvalue weighted by Gasteiger charge is 2.10. The van der Waals surface area contributed by atoms with Crippen molar-refractivity contribution >= 4 is 11.6 Å². The first-order chi connectivity index (χ1) is 9.29. The van der Waals surface area contributed by atoms with E-state index in [9.17, 15) is 0 Å². The molecule has 0 radical (unpaired) electrons. The summed E-state index contributed by atoms with van der Waals surface area (Å²) in [5.74, 6) is 0. The number of aromatic nitrogens is 1. The Morgan fingerprint density at radius 3 is 2.58 bits per heavy atom. The fourth-order valence-electron chi connectivity index (χ4n) is 2.19. The molecule has 0 saturated heterocycles. The summed E-state index contributed by atoms with van der Waals surface area (Å²) in [5, 5.41) is 4.00. The third kappa shape index (κ3) is 4.34. The maximum absolute atomic E-state index is 5.86. The molecule has 2 nitrogen and oxygen atoms in total. The van der Waals surface area contributed by atoms with Crippen molar-refractivity contribution in [3.8, 4) is 0 Å². The summed E-state index contributed by atoms with van der Waals surface area (Å²) >= 11 is 5.86. The maximum atomic E-state index is 5.86. The normalized spacial score (nSPS) is 12.3. The minimum absolute atomic E-state index is 0.293. The highest BCUT2D eigenvalue weighted by molar-refractivity contribution is 6.30. The molecule has 0 amide bonds. The van der Waals surface area contributed by atoms with E-state index in [4.69, 9.17) is 11.6 Å². The van der Waals surface area contributed by atoms with Crippen molar-refractivity contribution in [1.82, 2.24) is 10.3 Å². The van der Waals surface area contributed by atoms with Crippen LogP contribution in [0.5, 0.6) is 0 Å². The number of pyridine rings is 1. The molecule has 100 valence electrons. The summed E-state index contributed by atoms with van der Waals surface area (Å²) in [7, 11) is 1.98. The summed E-state index contributed by atoms with van der Waals surface area (Å²) in [5.41, 5.74) is 2.45. The zero-order chi connectivity index (χ0) is 13.5. The molecular weight excluding hydrogens is 256 g/mol. The Morgan fingerprint density at radius 2 is 1.95 bits per heavy atom.